The molecule has 0 aliphatic carbocycles. The van der Waals surface area contributed by atoms with Crippen LogP contribution in [0.5, 0.6) is 0 Å². The lowest BCUT2D eigenvalue weighted by Crippen LogP contribution is -2.52. The number of hydrogen-bond acceptors (Lipinski definition) is 4. The van der Waals surface area contributed by atoms with E-state index < -0.39 is 11.3 Å². The second kappa shape index (κ2) is 9.08. The third kappa shape index (κ3) is 5.60. The molecular weight excluding hydrogens is 370 g/mol. The van der Waals surface area contributed by atoms with Crippen molar-refractivity contribution in [1.82, 2.24) is 10.2 Å². The molecule has 8 heteroatoms. The van der Waals surface area contributed by atoms with Gasteiger partial charge in [0.2, 0.25) is 11.8 Å². The van der Waals surface area contributed by atoms with E-state index >= 15 is 0 Å². The Bertz CT molecular complexity index is 700. The molecule has 1 aromatic carbocycles. The quantitative estimate of drug-likeness (QED) is 0.750. The molecule has 0 saturated carbocycles. The maximum absolute atomic E-state index is 12.6. The van der Waals surface area contributed by atoms with Gasteiger partial charge in [-0.15, -0.1) is 0 Å². The van der Waals surface area contributed by atoms with Crippen molar-refractivity contribution in [3.05, 3.63) is 29.3 Å². The monoisotopic (exact) mass is 395 g/mol. The van der Waals surface area contributed by atoms with Crippen LogP contribution in [0.15, 0.2) is 24.3 Å². The molecule has 0 bridgehead atoms. The van der Waals surface area contributed by atoms with E-state index in [1.54, 1.807) is 49.9 Å². The molecule has 1 aromatic rings. The van der Waals surface area contributed by atoms with E-state index in [4.69, 9.17) is 16.3 Å². The fourth-order valence-electron chi connectivity index (χ4n) is 2.74. The normalized spacial score (nSPS) is 15.2. The highest BCUT2D eigenvalue weighted by atomic mass is 35.5. The number of carbonyl (C=O) groups is 3. The highest BCUT2D eigenvalue weighted by Crippen LogP contribution is 2.22. The summed E-state index contributed by atoms with van der Waals surface area (Å²) in [6, 6.07) is 6.68. The lowest BCUT2D eigenvalue weighted by atomic mass is 9.90. The molecule has 27 heavy (non-hydrogen) atoms. The van der Waals surface area contributed by atoms with Crippen LogP contribution in [0.2, 0.25) is 5.02 Å². The van der Waals surface area contributed by atoms with Gasteiger partial charge in [0.05, 0.1) is 6.61 Å². The van der Waals surface area contributed by atoms with E-state index in [1.165, 1.54) is 0 Å². The van der Waals surface area contributed by atoms with Crippen LogP contribution < -0.4 is 10.6 Å². The molecule has 0 atom stereocenters. The molecule has 0 spiro atoms. The Hall–Kier alpha value is -2.28. The molecule has 3 amide bonds. The summed E-state index contributed by atoms with van der Waals surface area (Å²) in [7, 11) is 0. The largest absolute Gasteiger partial charge is 0.450 e. The minimum Gasteiger partial charge on any atom is -0.450 e. The van der Waals surface area contributed by atoms with Crippen molar-refractivity contribution in [1.29, 1.82) is 0 Å². The Labute approximate surface area is 164 Å². The molecule has 1 aliphatic heterocycles. The van der Waals surface area contributed by atoms with Gasteiger partial charge in [0.15, 0.2) is 0 Å². The first kappa shape index (κ1) is 21.0. The van der Waals surface area contributed by atoms with Crippen molar-refractivity contribution >= 4 is 35.2 Å². The fourth-order valence-corrected chi connectivity index (χ4v) is 2.93. The number of likely N-dealkylation sites (tertiary alicyclic amines) is 1. The lowest BCUT2D eigenvalue weighted by molar-refractivity contribution is -0.139. The van der Waals surface area contributed by atoms with Crippen LogP contribution in [0.25, 0.3) is 0 Å². The number of nitrogens with zero attached hydrogens (tertiary/aromatic N) is 1. The van der Waals surface area contributed by atoms with Gasteiger partial charge >= 0.3 is 6.09 Å². The fraction of sp³-hybridized carbons (Fsp3) is 0.526. The van der Waals surface area contributed by atoms with Crippen molar-refractivity contribution in [3.63, 3.8) is 0 Å². The van der Waals surface area contributed by atoms with Gasteiger partial charge in [-0.05, 0) is 51.8 Å². The number of piperidine rings is 1. The van der Waals surface area contributed by atoms with Crippen molar-refractivity contribution < 1.29 is 19.1 Å². The van der Waals surface area contributed by atoms with E-state index in [9.17, 15) is 14.4 Å². The first-order valence-electron chi connectivity index (χ1n) is 9.03. The minimum atomic E-state index is -1.25. The van der Waals surface area contributed by atoms with Gasteiger partial charge in [-0.1, -0.05) is 17.7 Å². The van der Waals surface area contributed by atoms with Crippen LogP contribution in [0, 0.1) is 5.41 Å². The number of anilines is 1. The second-order valence-corrected chi connectivity index (χ2v) is 7.46. The van der Waals surface area contributed by atoms with Crippen LogP contribution in [-0.4, -0.2) is 48.5 Å². The van der Waals surface area contributed by atoms with Crippen molar-refractivity contribution in [3.8, 4) is 0 Å². The smallest absolute Gasteiger partial charge is 0.409 e. The molecule has 2 N–H and O–H groups in total. The number of amides is 3. The highest BCUT2D eigenvalue weighted by Gasteiger charge is 2.37. The average molecular weight is 396 g/mol. The first-order valence-corrected chi connectivity index (χ1v) is 9.41. The van der Waals surface area contributed by atoms with Gasteiger partial charge in [0, 0.05) is 29.8 Å². The molecular formula is C19H26ClN3O4. The third-order valence-electron chi connectivity index (χ3n) is 4.57. The Morgan fingerprint density at radius 2 is 1.89 bits per heavy atom. The van der Waals surface area contributed by atoms with Crippen LogP contribution in [-0.2, 0) is 14.3 Å². The van der Waals surface area contributed by atoms with Crippen molar-refractivity contribution in [2.24, 2.45) is 5.41 Å². The lowest BCUT2D eigenvalue weighted by Gasteiger charge is -2.33. The molecule has 1 saturated heterocycles. The number of carbonyl (C=O) groups excluding carboxylic acids is 3. The zero-order chi connectivity index (χ0) is 20.0. The molecule has 2 rings (SSSR count). The summed E-state index contributed by atoms with van der Waals surface area (Å²) in [6.45, 7) is 6.29. The summed E-state index contributed by atoms with van der Waals surface area (Å²) in [5.41, 5.74) is -0.711. The molecule has 0 aromatic heterocycles. The molecule has 0 unspecified atom stereocenters. The standard InChI is InChI=1S/C19H26ClN3O4/c1-4-27-18(26)23-10-8-14(9-11-23)21-16(24)19(2,3)17(25)22-15-7-5-6-13(20)12-15/h5-7,12,14H,4,8-11H2,1-3H3,(H,21,24)(H,22,25). The summed E-state index contributed by atoms with van der Waals surface area (Å²) in [5.74, 6) is -0.761. The van der Waals surface area contributed by atoms with Gasteiger partial charge in [-0.25, -0.2) is 4.79 Å². The topological polar surface area (TPSA) is 87.7 Å². The van der Waals surface area contributed by atoms with Gasteiger partial charge in [-0.3, -0.25) is 9.59 Å². The van der Waals surface area contributed by atoms with Gasteiger partial charge in [-0.2, -0.15) is 0 Å². The molecule has 1 fully saturated rings. The van der Waals surface area contributed by atoms with E-state index in [0.29, 0.717) is 43.2 Å². The summed E-state index contributed by atoms with van der Waals surface area (Å²) in [6.07, 6.45) is 0.913. The second-order valence-electron chi connectivity index (χ2n) is 7.02. The molecule has 148 valence electrons. The van der Waals surface area contributed by atoms with Crippen molar-refractivity contribution in [2.75, 3.05) is 25.0 Å². The summed E-state index contributed by atoms with van der Waals surface area (Å²) < 4.78 is 4.99. The summed E-state index contributed by atoms with van der Waals surface area (Å²) in [5, 5.41) is 6.15. The van der Waals surface area contributed by atoms with E-state index in [-0.39, 0.29) is 18.0 Å². The van der Waals surface area contributed by atoms with Gasteiger partial charge < -0.3 is 20.3 Å². The zero-order valence-electron chi connectivity index (χ0n) is 15.9. The molecule has 1 heterocycles. The SMILES string of the molecule is CCOC(=O)N1CCC(NC(=O)C(C)(C)C(=O)Nc2cccc(Cl)c2)CC1. The molecule has 0 radical (unpaired) electrons. The van der Waals surface area contributed by atoms with Crippen LogP contribution in [0.4, 0.5) is 10.5 Å². The maximum atomic E-state index is 12.6. The number of rotatable bonds is 5. The molecule has 1 aliphatic rings. The number of halogens is 1. The first-order chi connectivity index (χ1) is 12.7. The van der Waals surface area contributed by atoms with Crippen LogP contribution in [0.3, 0.4) is 0 Å². The van der Waals surface area contributed by atoms with Crippen molar-refractivity contribution in [2.45, 2.75) is 39.7 Å². The number of nitrogens with one attached hydrogen (secondary N) is 2. The van der Waals surface area contributed by atoms with E-state index in [2.05, 4.69) is 10.6 Å². The van der Waals surface area contributed by atoms with Crippen LogP contribution in [0.1, 0.15) is 33.6 Å². The van der Waals surface area contributed by atoms with E-state index in [0.717, 1.165) is 0 Å². The molecule has 7 nitrogen and oxygen atoms in total. The van der Waals surface area contributed by atoms with Crippen LogP contribution >= 0.6 is 11.6 Å². The van der Waals surface area contributed by atoms with E-state index in [1.807, 2.05) is 0 Å². The Morgan fingerprint density at radius 1 is 1.22 bits per heavy atom. The zero-order valence-corrected chi connectivity index (χ0v) is 16.6. The van der Waals surface area contributed by atoms with Gasteiger partial charge in [0.25, 0.3) is 0 Å². The predicted molar refractivity (Wildman–Crippen MR) is 104 cm³/mol. The Morgan fingerprint density at radius 3 is 2.48 bits per heavy atom. The predicted octanol–water partition coefficient (Wildman–Crippen LogP) is 3.04. The summed E-state index contributed by atoms with van der Waals surface area (Å²) >= 11 is 5.92. The minimum absolute atomic E-state index is 0.0820. The Balaban J connectivity index is 1.88. The number of ether oxygens (including phenoxy) is 1. The highest BCUT2D eigenvalue weighted by molar-refractivity contribution is 6.31. The van der Waals surface area contributed by atoms with Gasteiger partial charge in [0.1, 0.15) is 5.41 Å². The number of benzene rings is 1. The third-order valence-corrected chi connectivity index (χ3v) is 4.81. The average Bonchev–Trinajstić information content (AvgIpc) is 2.62. The summed E-state index contributed by atoms with van der Waals surface area (Å²) in [4.78, 5) is 38.6. The maximum Gasteiger partial charge on any atom is 0.409 e. The number of hydrogen-bond donors (Lipinski definition) is 2. The Kier molecular flexibility index (Phi) is 7.07.